The second-order valence-corrected chi connectivity index (χ2v) is 7.29. The van der Waals surface area contributed by atoms with Crippen LogP contribution in [0.5, 0.6) is 0 Å². The van der Waals surface area contributed by atoms with Gasteiger partial charge in [0.2, 0.25) is 10.0 Å². The maximum atomic E-state index is 12.0. The van der Waals surface area contributed by atoms with Gasteiger partial charge in [-0.3, -0.25) is 0 Å². The number of benzene rings is 1. The zero-order chi connectivity index (χ0) is 13.4. The fraction of sp³-hybridized carbons (Fsp3) is 0.455. The van der Waals surface area contributed by atoms with E-state index in [0.717, 1.165) is 12.8 Å². The molecule has 0 unspecified atom stereocenters. The lowest BCUT2D eigenvalue weighted by atomic mass is 10.1. The van der Waals surface area contributed by atoms with Gasteiger partial charge < -0.3 is 10.8 Å². The Morgan fingerprint density at radius 1 is 1.44 bits per heavy atom. The minimum absolute atomic E-state index is 0.0119. The molecule has 1 aromatic rings. The summed E-state index contributed by atoms with van der Waals surface area (Å²) in [5, 5.41) is 9.14. The number of hydrogen-bond donors (Lipinski definition) is 3. The molecule has 0 spiro atoms. The standard InChI is InChI=1S/C11H15BrN2O3S/c12-9-2-1-8(5-10(9)13)18(16,17)14-6-11(7-15)3-4-11/h1-2,5,14-15H,3-4,6-7,13H2. The van der Waals surface area contributed by atoms with E-state index in [1.807, 2.05) is 0 Å². The van der Waals surface area contributed by atoms with Crippen LogP contribution in [0, 0.1) is 5.41 Å². The third kappa shape index (κ3) is 2.85. The molecule has 0 aromatic heterocycles. The molecule has 0 atom stereocenters. The smallest absolute Gasteiger partial charge is 0.240 e. The number of nitrogens with two attached hydrogens (primary N) is 1. The predicted molar refractivity (Wildman–Crippen MR) is 72.5 cm³/mol. The van der Waals surface area contributed by atoms with E-state index in [-0.39, 0.29) is 23.5 Å². The Kier molecular flexibility index (Phi) is 3.68. The molecular formula is C11H15BrN2O3S. The van der Waals surface area contributed by atoms with Gasteiger partial charge in [0.25, 0.3) is 0 Å². The Balaban J connectivity index is 2.13. The highest BCUT2D eigenvalue weighted by atomic mass is 79.9. The summed E-state index contributed by atoms with van der Waals surface area (Å²) in [6.45, 7) is 0.278. The van der Waals surface area contributed by atoms with E-state index in [1.165, 1.54) is 12.1 Å². The van der Waals surface area contributed by atoms with Crippen molar-refractivity contribution in [1.82, 2.24) is 4.72 Å². The zero-order valence-electron chi connectivity index (χ0n) is 9.69. The number of anilines is 1. The molecule has 7 heteroatoms. The van der Waals surface area contributed by atoms with Crippen molar-refractivity contribution in [2.45, 2.75) is 17.7 Å². The SMILES string of the molecule is Nc1cc(S(=O)(=O)NCC2(CO)CC2)ccc1Br. The molecular weight excluding hydrogens is 320 g/mol. The first-order valence-electron chi connectivity index (χ1n) is 5.54. The molecule has 1 aliphatic rings. The maximum absolute atomic E-state index is 12.0. The molecule has 1 aliphatic carbocycles. The first kappa shape index (κ1) is 13.8. The molecule has 18 heavy (non-hydrogen) atoms. The van der Waals surface area contributed by atoms with Crippen LogP contribution in [0.25, 0.3) is 0 Å². The summed E-state index contributed by atoms with van der Waals surface area (Å²) < 4.78 is 27.2. The minimum atomic E-state index is -3.56. The Morgan fingerprint density at radius 3 is 2.61 bits per heavy atom. The third-order valence-electron chi connectivity index (χ3n) is 3.21. The van der Waals surface area contributed by atoms with E-state index < -0.39 is 10.0 Å². The van der Waals surface area contributed by atoms with Crippen molar-refractivity contribution in [3.8, 4) is 0 Å². The van der Waals surface area contributed by atoms with Gasteiger partial charge in [0.1, 0.15) is 0 Å². The molecule has 1 fully saturated rings. The van der Waals surface area contributed by atoms with Crippen molar-refractivity contribution in [3.05, 3.63) is 22.7 Å². The van der Waals surface area contributed by atoms with Gasteiger partial charge in [-0.15, -0.1) is 0 Å². The predicted octanol–water partition coefficient (Wildman–Crippen LogP) is 1.08. The van der Waals surface area contributed by atoms with Crippen LogP contribution in [0.2, 0.25) is 0 Å². The number of nitrogen functional groups attached to an aromatic ring is 1. The summed E-state index contributed by atoms with van der Waals surface area (Å²) in [7, 11) is -3.56. The molecule has 0 heterocycles. The molecule has 0 aliphatic heterocycles. The number of hydrogen-bond acceptors (Lipinski definition) is 4. The fourth-order valence-corrected chi connectivity index (χ4v) is 3.03. The molecule has 5 nitrogen and oxygen atoms in total. The lowest BCUT2D eigenvalue weighted by Crippen LogP contribution is -2.31. The Bertz CT molecular complexity index is 555. The van der Waals surface area contributed by atoms with Gasteiger partial charge >= 0.3 is 0 Å². The van der Waals surface area contributed by atoms with Crippen LogP contribution in [0.4, 0.5) is 5.69 Å². The first-order valence-corrected chi connectivity index (χ1v) is 7.82. The van der Waals surface area contributed by atoms with Gasteiger partial charge in [0.05, 0.1) is 4.90 Å². The number of rotatable bonds is 5. The highest BCUT2D eigenvalue weighted by Crippen LogP contribution is 2.44. The summed E-state index contributed by atoms with van der Waals surface area (Å²) >= 11 is 3.21. The van der Waals surface area contributed by atoms with E-state index >= 15 is 0 Å². The third-order valence-corrected chi connectivity index (χ3v) is 5.33. The van der Waals surface area contributed by atoms with Gasteiger partial charge in [-0.05, 0) is 47.0 Å². The molecule has 100 valence electrons. The topological polar surface area (TPSA) is 92.4 Å². The second kappa shape index (κ2) is 4.80. The Labute approximate surface area is 115 Å². The normalized spacial score (nSPS) is 17.7. The molecule has 2 rings (SSSR count). The van der Waals surface area contributed by atoms with Crippen LogP contribution in [0.1, 0.15) is 12.8 Å². The van der Waals surface area contributed by atoms with Crippen molar-refractivity contribution in [3.63, 3.8) is 0 Å². The van der Waals surface area contributed by atoms with E-state index in [1.54, 1.807) is 6.07 Å². The van der Waals surface area contributed by atoms with Crippen molar-refractivity contribution in [2.75, 3.05) is 18.9 Å². The molecule has 0 bridgehead atoms. The highest BCUT2D eigenvalue weighted by Gasteiger charge is 2.42. The molecule has 1 aromatic carbocycles. The largest absolute Gasteiger partial charge is 0.398 e. The molecule has 1 saturated carbocycles. The van der Waals surface area contributed by atoms with Crippen LogP contribution in [-0.2, 0) is 10.0 Å². The summed E-state index contributed by atoms with van der Waals surface area (Å²) in [4.78, 5) is 0.136. The van der Waals surface area contributed by atoms with Crippen molar-refractivity contribution in [2.24, 2.45) is 5.41 Å². The molecule has 0 radical (unpaired) electrons. The summed E-state index contributed by atoms with van der Waals surface area (Å²) in [6.07, 6.45) is 1.71. The van der Waals surface area contributed by atoms with Crippen molar-refractivity contribution in [1.29, 1.82) is 0 Å². The monoisotopic (exact) mass is 334 g/mol. The summed E-state index contributed by atoms with van der Waals surface area (Å²) in [5.41, 5.74) is 5.78. The number of aliphatic hydroxyl groups is 1. The van der Waals surface area contributed by atoms with Gasteiger partial charge in [0, 0.05) is 28.7 Å². The Morgan fingerprint density at radius 2 is 2.11 bits per heavy atom. The minimum Gasteiger partial charge on any atom is -0.398 e. The van der Waals surface area contributed by atoms with Crippen LogP contribution in [0.3, 0.4) is 0 Å². The van der Waals surface area contributed by atoms with Gasteiger partial charge in [-0.1, -0.05) is 0 Å². The van der Waals surface area contributed by atoms with Crippen LogP contribution in [0.15, 0.2) is 27.6 Å². The van der Waals surface area contributed by atoms with E-state index in [4.69, 9.17) is 10.8 Å². The fourth-order valence-electron chi connectivity index (χ4n) is 1.59. The molecule has 0 amide bonds. The number of nitrogens with one attached hydrogen (secondary N) is 1. The molecule has 0 saturated heterocycles. The average Bonchev–Trinajstić information content (AvgIpc) is 3.11. The van der Waals surface area contributed by atoms with Crippen molar-refractivity contribution >= 4 is 31.6 Å². The van der Waals surface area contributed by atoms with Crippen LogP contribution < -0.4 is 10.5 Å². The average molecular weight is 335 g/mol. The highest BCUT2D eigenvalue weighted by molar-refractivity contribution is 9.10. The van der Waals surface area contributed by atoms with Crippen molar-refractivity contribution < 1.29 is 13.5 Å². The Hall–Kier alpha value is -0.630. The van der Waals surface area contributed by atoms with Gasteiger partial charge in [-0.25, -0.2) is 13.1 Å². The molecule has 4 N–H and O–H groups in total. The number of aliphatic hydroxyl groups excluding tert-OH is 1. The summed E-state index contributed by atoms with van der Waals surface area (Å²) in [5.74, 6) is 0. The second-order valence-electron chi connectivity index (χ2n) is 4.67. The lowest BCUT2D eigenvalue weighted by molar-refractivity contribution is 0.213. The van der Waals surface area contributed by atoms with Gasteiger partial charge in [0.15, 0.2) is 0 Å². The maximum Gasteiger partial charge on any atom is 0.240 e. The van der Waals surface area contributed by atoms with E-state index in [2.05, 4.69) is 20.7 Å². The first-order chi connectivity index (χ1) is 8.38. The van der Waals surface area contributed by atoms with Gasteiger partial charge in [-0.2, -0.15) is 0 Å². The zero-order valence-corrected chi connectivity index (χ0v) is 12.1. The summed E-state index contributed by atoms with van der Waals surface area (Å²) in [6, 6.07) is 4.50. The van der Waals surface area contributed by atoms with Crippen LogP contribution in [-0.4, -0.2) is 26.7 Å². The van der Waals surface area contributed by atoms with E-state index in [9.17, 15) is 8.42 Å². The van der Waals surface area contributed by atoms with E-state index in [0.29, 0.717) is 10.2 Å². The van der Waals surface area contributed by atoms with Crippen LogP contribution >= 0.6 is 15.9 Å². The quantitative estimate of drug-likeness (QED) is 0.702. The number of halogens is 1. The lowest BCUT2D eigenvalue weighted by Gasteiger charge is -2.13. The number of sulfonamides is 1.